The highest BCUT2D eigenvalue weighted by molar-refractivity contribution is 6.35. The Labute approximate surface area is 224 Å². The summed E-state index contributed by atoms with van der Waals surface area (Å²) in [6.07, 6.45) is 6.59. The first-order chi connectivity index (χ1) is 18.3. The summed E-state index contributed by atoms with van der Waals surface area (Å²) < 4.78 is 0. The molecular formula is C28H25ClN8O. The van der Waals surface area contributed by atoms with Crippen LogP contribution >= 0.6 is 11.6 Å². The van der Waals surface area contributed by atoms with E-state index in [2.05, 4.69) is 42.1 Å². The number of nitrogens with zero attached hydrogens (tertiary/aromatic N) is 5. The van der Waals surface area contributed by atoms with E-state index in [9.17, 15) is 10.4 Å². The van der Waals surface area contributed by atoms with Gasteiger partial charge in [-0.25, -0.2) is 0 Å². The highest BCUT2D eigenvalue weighted by atomic mass is 35.5. The van der Waals surface area contributed by atoms with Gasteiger partial charge in [-0.3, -0.25) is 9.97 Å². The van der Waals surface area contributed by atoms with Gasteiger partial charge in [0, 0.05) is 29.7 Å². The smallest absolute Gasteiger partial charge is 0.109 e. The van der Waals surface area contributed by atoms with Crippen LogP contribution in [0.4, 0.5) is 11.4 Å². The van der Waals surface area contributed by atoms with Crippen LogP contribution in [-0.2, 0) is 0 Å². The molecule has 0 saturated heterocycles. The molecule has 3 heterocycles. The van der Waals surface area contributed by atoms with Gasteiger partial charge in [-0.1, -0.05) is 48.0 Å². The standard InChI is InChI=1S/C28H25ClN8O/c1-28(2,38)27(17-7-4-3-5-8-17)35-24-19(13-30)15-32-26-21(24)11-20(12-22(26)29)34-25(23-16-33-37-36-23)18-9-6-10-31-14-18/h3-12,14-16,25,27,34,38H,1-2H3,(H,32,35)(H,33,36,37)/t25?,27-/m1/s1. The SMILES string of the molecule is CC(C)(O)[C@H](Nc1c(C#N)cnc2c(Cl)cc(NC(c3cccnc3)c3cn[nH]n3)cc12)c1ccccc1. The largest absolute Gasteiger partial charge is 0.388 e. The van der Waals surface area contributed by atoms with Crippen molar-refractivity contribution in [2.75, 3.05) is 10.6 Å². The van der Waals surface area contributed by atoms with Gasteiger partial charge < -0.3 is 15.7 Å². The lowest BCUT2D eigenvalue weighted by atomic mass is 9.91. The number of rotatable bonds is 8. The third-order valence-electron chi connectivity index (χ3n) is 6.23. The van der Waals surface area contributed by atoms with Gasteiger partial charge >= 0.3 is 0 Å². The molecule has 0 fully saturated rings. The van der Waals surface area contributed by atoms with E-state index in [4.69, 9.17) is 11.6 Å². The highest BCUT2D eigenvalue weighted by Crippen LogP contribution is 2.38. The van der Waals surface area contributed by atoms with Gasteiger partial charge in [0.05, 0.1) is 45.7 Å². The first-order valence-electron chi connectivity index (χ1n) is 11.9. The van der Waals surface area contributed by atoms with Crippen molar-refractivity contribution >= 4 is 33.9 Å². The molecule has 0 bridgehead atoms. The molecule has 0 radical (unpaired) electrons. The molecule has 0 saturated carbocycles. The summed E-state index contributed by atoms with van der Waals surface area (Å²) in [6, 6.07) is 18.4. The van der Waals surface area contributed by atoms with E-state index in [-0.39, 0.29) is 6.04 Å². The molecule has 190 valence electrons. The maximum absolute atomic E-state index is 11.1. The first-order valence-corrected chi connectivity index (χ1v) is 12.3. The number of fused-ring (bicyclic) bond motifs is 1. The molecule has 0 spiro atoms. The van der Waals surface area contributed by atoms with Gasteiger partial charge in [-0.05, 0) is 43.2 Å². The van der Waals surface area contributed by atoms with E-state index in [1.807, 2.05) is 48.5 Å². The molecule has 5 rings (SSSR count). The number of H-pyrrole nitrogens is 1. The molecule has 10 heteroatoms. The third-order valence-corrected chi connectivity index (χ3v) is 6.52. The second-order valence-electron chi connectivity index (χ2n) is 9.41. The van der Waals surface area contributed by atoms with E-state index in [1.54, 1.807) is 38.5 Å². The Bertz CT molecular complexity index is 1580. The molecule has 2 aromatic carbocycles. The first kappa shape index (κ1) is 25.1. The van der Waals surface area contributed by atoms with E-state index in [0.29, 0.717) is 38.6 Å². The second-order valence-corrected chi connectivity index (χ2v) is 9.82. The van der Waals surface area contributed by atoms with Crippen molar-refractivity contribution < 1.29 is 5.11 Å². The quantitative estimate of drug-likeness (QED) is 0.212. The summed E-state index contributed by atoms with van der Waals surface area (Å²) in [6.45, 7) is 3.45. The Balaban J connectivity index is 1.63. The van der Waals surface area contributed by atoms with Gasteiger partial charge in [0.15, 0.2) is 0 Å². The Morgan fingerprint density at radius 3 is 2.47 bits per heavy atom. The number of pyridine rings is 2. The van der Waals surface area contributed by atoms with Crippen molar-refractivity contribution in [3.8, 4) is 6.07 Å². The molecule has 0 aliphatic carbocycles. The number of aliphatic hydroxyl groups is 1. The summed E-state index contributed by atoms with van der Waals surface area (Å²) in [7, 11) is 0. The summed E-state index contributed by atoms with van der Waals surface area (Å²) in [5, 5.41) is 39.8. The van der Waals surface area contributed by atoms with E-state index in [1.165, 1.54) is 6.20 Å². The fourth-order valence-corrected chi connectivity index (χ4v) is 4.70. The number of halogens is 1. The predicted octanol–water partition coefficient (Wildman–Crippen LogP) is 5.40. The summed E-state index contributed by atoms with van der Waals surface area (Å²) >= 11 is 6.72. The minimum Gasteiger partial charge on any atom is -0.388 e. The molecule has 1 unspecified atom stereocenters. The van der Waals surface area contributed by atoms with E-state index >= 15 is 0 Å². The van der Waals surface area contributed by atoms with Crippen molar-refractivity contribution in [3.05, 3.63) is 107 Å². The molecule has 2 atom stereocenters. The number of aromatic nitrogens is 5. The van der Waals surface area contributed by atoms with Crippen LogP contribution < -0.4 is 10.6 Å². The van der Waals surface area contributed by atoms with Gasteiger partial charge in [-0.2, -0.15) is 20.7 Å². The number of nitriles is 1. The normalized spacial score (nSPS) is 13.0. The van der Waals surface area contributed by atoms with E-state index in [0.717, 1.165) is 11.1 Å². The summed E-state index contributed by atoms with van der Waals surface area (Å²) in [5.74, 6) is 0. The Kier molecular flexibility index (Phi) is 6.92. The summed E-state index contributed by atoms with van der Waals surface area (Å²) in [4.78, 5) is 8.70. The Hall–Kier alpha value is -4.52. The zero-order chi connectivity index (χ0) is 26.7. The number of benzene rings is 2. The van der Waals surface area contributed by atoms with Crippen LogP contribution in [0.15, 0.2) is 79.4 Å². The molecule has 0 amide bonds. The topological polar surface area (TPSA) is 135 Å². The number of nitrogens with one attached hydrogen (secondary N) is 3. The maximum atomic E-state index is 11.1. The number of hydrogen-bond donors (Lipinski definition) is 4. The fourth-order valence-electron chi connectivity index (χ4n) is 4.43. The highest BCUT2D eigenvalue weighted by Gasteiger charge is 2.30. The molecule has 0 aliphatic rings. The minimum atomic E-state index is -1.15. The van der Waals surface area contributed by atoms with Crippen molar-refractivity contribution in [1.82, 2.24) is 25.4 Å². The Morgan fingerprint density at radius 1 is 1.03 bits per heavy atom. The lowest BCUT2D eigenvalue weighted by Gasteiger charge is -2.32. The van der Waals surface area contributed by atoms with Gasteiger partial charge in [-0.15, -0.1) is 0 Å². The summed E-state index contributed by atoms with van der Waals surface area (Å²) in [5.41, 5.74) is 3.33. The van der Waals surface area contributed by atoms with Crippen molar-refractivity contribution in [2.45, 2.75) is 31.5 Å². The average molecular weight is 525 g/mol. The predicted molar refractivity (Wildman–Crippen MR) is 147 cm³/mol. The average Bonchev–Trinajstić information content (AvgIpc) is 3.45. The lowest BCUT2D eigenvalue weighted by molar-refractivity contribution is 0.0589. The van der Waals surface area contributed by atoms with Crippen LogP contribution in [-0.4, -0.2) is 36.1 Å². The van der Waals surface area contributed by atoms with Crippen LogP contribution in [0.2, 0.25) is 5.02 Å². The number of hydrogen-bond acceptors (Lipinski definition) is 8. The van der Waals surface area contributed by atoms with E-state index < -0.39 is 11.6 Å². The zero-order valence-electron chi connectivity index (χ0n) is 20.7. The minimum absolute atomic E-state index is 0.330. The molecular weight excluding hydrogens is 500 g/mol. The number of aromatic amines is 1. The van der Waals surface area contributed by atoms with Crippen LogP contribution in [0.25, 0.3) is 10.9 Å². The fraction of sp³-hybridized carbons (Fsp3) is 0.179. The van der Waals surface area contributed by atoms with Crippen molar-refractivity contribution in [2.24, 2.45) is 0 Å². The van der Waals surface area contributed by atoms with Gasteiger partial charge in [0.25, 0.3) is 0 Å². The van der Waals surface area contributed by atoms with Crippen LogP contribution in [0.3, 0.4) is 0 Å². The molecule has 4 N–H and O–H groups in total. The second kappa shape index (κ2) is 10.5. The van der Waals surface area contributed by atoms with Crippen molar-refractivity contribution in [1.29, 1.82) is 5.26 Å². The van der Waals surface area contributed by atoms with Crippen LogP contribution in [0.1, 0.15) is 48.3 Å². The molecule has 3 aromatic heterocycles. The lowest BCUT2D eigenvalue weighted by Crippen LogP contribution is -2.34. The monoisotopic (exact) mass is 524 g/mol. The molecule has 0 aliphatic heterocycles. The molecule has 38 heavy (non-hydrogen) atoms. The maximum Gasteiger partial charge on any atom is 0.109 e. The molecule has 5 aromatic rings. The van der Waals surface area contributed by atoms with Gasteiger partial charge in [0.2, 0.25) is 0 Å². The molecule has 9 nitrogen and oxygen atoms in total. The number of anilines is 2. The zero-order valence-corrected chi connectivity index (χ0v) is 21.5. The Morgan fingerprint density at radius 2 is 1.82 bits per heavy atom. The van der Waals surface area contributed by atoms with Crippen LogP contribution in [0, 0.1) is 11.3 Å². The van der Waals surface area contributed by atoms with Crippen molar-refractivity contribution in [3.63, 3.8) is 0 Å². The van der Waals surface area contributed by atoms with Crippen LogP contribution in [0.5, 0.6) is 0 Å². The third kappa shape index (κ3) is 5.13. The van der Waals surface area contributed by atoms with Gasteiger partial charge in [0.1, 0.15) is 11.8 Å².